The fourth-order valence-electron chi connectivity index (χ4n) is 2.79. The van der Waals surface area contributed by atoms with Gasteiger partial charge < -0.3 is 17.5 Å². The molecule has 192 valence electrons. The Morgan fingerprint density at radius 2 is 0.818 bits per heavy atom. The third-order valence-corrected chi connectivity index (χ3v) is 5.18. The molecule has 0 aliphatic rings. The van der Waals surface area contributed by atoms with E-state index in [1.54, 1.807) is 12.2 Å². The molecule has 11 heteroatoms. The summed E-state index contributed by atoms with van der Waals surface area (Å²) in [7, 11) is -9.14. The van der Waals surface area contributed by atoms with Crippen LogP contribution < -0.4 is 0 Å². The van der Waals surface area contributed by atoms with E-state index in [-0.39, 0.29) is 23.1 Å². The van der Waals surface area contributed by atoms with Crippen molar-refractivity contribution in [2.45, 2.75) is 117 Å². The molecule has 0 aliphatic carbocycles. The Morgan fingerprint density at radius 3 is 1.09 bits per heavy atom. The van der Waals surface area contributed by atoms with Gasteiger partial charge in [-0.3, -0.25) is 0 Å². The van der Waals surface area contributed by atoms with Gasteiger partial charge in [-0.1, -0.05) is 90.9 Å². The largest absolute Gasteiger partial charge is 2.00 e. The van der Waals surface area contributed by atoms with Crippen molar-refractivity contribution >= 4 is 43.9 Å². The van der Waals surface area contributed by atoms with Crippen LogP contribution >= 0.6 is 0 Å². The smallest absolute Gasteiger partial charge is 0.716 e. The zero-order chi connectivity index (χ0) is 24.6. The van der Waals surface area contributed by atoms with E-state index in [9.17, 15) is 25.9 Å². The minimum absolute atomic E-state index is 0. The first-order chi connectivity index (χ1) is 15.1. The molecular formula is C22H42MgO8S2. The van der Waals surface area contributed by atoms with Crippen LogP contribution in [0.1, 0.15) is 117 Å². The van der Waals surface area contributed by atoms with E-state index >= 15 is 0 Å². The summed E-state index contributed by atoms with van der Waals surface area (Å²) in [5.74, 6) is 0. The van der Waals surface area contributed by atoms with Gasteiger partial charge in [-0.15, -0.1) is 0 Å². The standard InChI is InChI=1S/2C11H22O4S.Mg/c2*1-2-3-4-5-6-7-8-9-10-11-15-16(12,13)14;/h2*10-11H,2-9H2,1H3,(H,12,13,14);/q;;+2/p-2/b2*11-10+;. The second kappa shape index (κ2) is 26.3. The fraction of sp³-hybridized carbons (Fsp3) is 0.818. The first-order valence-electron chi connectivity index (χ1n) is 11.7. The SMILES string of the molecule is CCCCCCCCC/C=C/OS(=O)(=O)[O-].CCCCCCCCC/C=C/OS(=O)(=O)[O-].[Mg+2]. The van der Waals surface area contributed by atoms with Crippen molar-refractivity contribution in [1.82, 2.24) is 0 Å². The van der Waals surface area contributed by atoms with Crippen LogP contribution in [0.25, 0.3) is 0 Å². The Balaban J connectivity index is -0.000000529. The van der Waals surface area contributed by atoms with Gasteiger partial charge >= 0.3 is 23.1 Å². The summed E-state index contributed by atoms with van der Waals surface area (Å²) < 4.78 is 68.1. The van der Waals surface area contributed by atoms with Crippen LogP contribution in [0, 0.1) is 0 Å². The van der Waals surface area contributed by atoms with Crippen molar-refractivity contribution in [3.63, 3.8) is 0 Å². The first-order valence-corrected chi connectivity index (χ1v) is 14.4. The summed E-state index contributed by atoms with van der Waals surface area (Å²) >= 11 is 0. The third kappa shape index (κ3) is 42.3. The van der Waals surface area contributed by atoms with Crippen molar-refractivity contribution in [3.05, 3.63) is 24.7 Å². The Morgan fingerprint density at radius 1 is 0.545 bits per heavy atom. The van der Waals surface area contributed by atoms with E-state index in [1.165, 1.54) is 64.2 Å². The molecule has 0 fully saturated rings. The summed E-state index contributed by atoms with van der Waals surface area (Å²) in [4.78, 5) is 0. The number of hydrogen-bond acceptors (Lipinski definition) is 8. The first kappa shape index (κ1) is 37.2. The molecule has 0 aromatic heterocycles. The minimum atomic E-state index is -4.57. The Hall–Kier alpha value is -0.334. The average Bonchev–Trinajstić information content (AvgIpc) is 2.70. The summed E-state index contributed by atoms with van der Waals surface area (Å²) in [6, 6.07) is 0. The van der Waals surface area contributed by atoms with Crippen LogP contribution in [0.3, 0.4) is 0 Å². The van der Waals surface area contributed by atoms with E-state index in [4.69, 9.17) is 0 Å². The quantitative estimate of drug-likeness (QED) is 0.0638. The molecular weight excluding hydrogens is 481 g/mol. The maximum Gasteiger partial charge on any atom is 2.00 e. The van der Waals surface area contributed by atoms with E-state index in [2.05, 4.69) is 22.2 Å². The summed E-state index contributed by atoms with van der Waals surface area (Å²) in [5, 5.41) is 0. The minimum Gasteiger partial charge on any atom is -0.716 e. The third-order valence-electron chi connectivity index (χ3n) is 4.49. The molecule has 0 saturated heterocycles. The zero-order valence-corrected chi connectivity index (χ0v) is 23.5. The Labute approximate surface area is 218 Å². The van der Waals surface area contributed by atoms with Crippen LogP contribution in [0.5, 0.6) is 0 Å². The Kier molecular flexibility index (Phi) is 29.6. The summed E-state index contributed by atoms with van der Waals surface area (Å²) in [5.41, 5.74) is 0. The number of rotatable bonds is 20. The van der Waals surface area contributed by atoms with E-state index < -0.39 is 20.8 Å². The second-order valence-electron chi connectivity index (χ2n) is 7.57. The van der Waals surface area contributed by atoms with Crippen molar-refractivity contribution in [2.24, 2.45) is 0 Å². The molecule has 0 saturated carbocycles. The topological polar surface area (TPSA) is 133 Å². The number of hydrogen-bond donors (Lipinski definition) is 0. The molecule has 0 aromatic rings. The predicted octanol–water partition coefficient (Wildman–Crippen LogP) is 5.85. The molecule has 0 rings (SSSR count). The number of allylic oxidation sites excluding steroid dienone is 2. The van der Waals surface area contributed by atoms with Gasteiger partial charge in [-0.25, -0.2) is 16.8 Å². The molecule has 0 amide bonds. The molecule has 0 aromatic carbocycles. The molecule has 0 N–H and O–H groups in total. The van der Waals surface area contributed by atoms with Gasteiger partial charge in [-0.2, -0.15) is 0 Å². The summed E-state index contributed by atoms with van der Waals surface area (Å²) in [6.07, 6.45) is 23.5. The maximum atomic E-state index is 10.0. The van der Waals surface area contributed by atoms with E-state index in [1.807, 2.05) is 0 Å². The molecule has 8 nitrogen and oxygen atoms in total. The number of unbranched alkanes of at least 4 members (excludes halogenated alkanes) is 14. The van der Waals surface area contributed by atoms with Crippen LogP contribution in [0.15, 0.2) is 24.7 Å². The molecule has 0 bridgehead atoms. The van der Waals surface area contributed by atoms with Gasteiger partial charge in [0.25, 0.3) is 20.8 Å². The van der Waals surface area contributed by atoms with Gasteiger partial charge in [0.2, 0.25) is 0 Å². The fourth-order valence-corrected chi connectivity index (χ4v) is 3.22. The van der Waals surface area contributed by atoms with Gasteiger partial charge in [0.05, 0.1) is 0 Å². The van der Waals surface area contributed by atoms with Gasteiger partial charge in [-0.05, 0) is 37.8 Å². The molecule has 0 unspecified atom stereocenters. The molecule has 0 atom stereocenters. The molecule has 0 spiro atoms. The molecule has 0 aliphatic heterocycles. The zero-order valence-electron chi connectivity index (χ0n) is 20.4. The van der Waals surface area contributed by atoms with E-state index in [0.717, 1.165) is 51.0 Å². The second-order valence-corrected chi connectivity index (χ2v) is 9.59. The van der Waals surface area contributed by atoms with Crippen LogP contribution in [-0.2, 0) is 29.2 Å². The van der Waals surface area contributed by atoms with Gasteiger partial charge in [0, 0.05) is 0 Å². The maximum absolute atomic E-state index is 10.0. The van der Waals surface area contributed by atoms with Gasteiger partial charge in [0.1, 0.15) is 12.5 Å². The summed E-state index contributed by atoms with van der Waals surface area (Å²) in [6.45, 7) is 4.38. The van der Waals surface area contributed by atoms with E-state index in [0.29, 0.717) is 0 Å². The average molecular weight is 523 g/mol. The van der Waals surface area contributed by atoms with Crippen molar-refractivity contribution in [1.29, 1.82) is 0 Å². The monoisotopic (exact) mass is 522 g/mol. The normalized spacial score (nSPS) is 11.8. The van der Waals surface area contributed by atoms with Crippen molar-refractivity contribution < 1.29 is 34.3 Å². The molecule has 0 heterocycles. The van der Waals surface area contributed by atoms with Crippen LogP contribution in [0.2, 0.25) is 0 Å². The predicted molar refractivity (Wildman–Crippen MR) is 131 cm³/mol. The van der Waals surface area contributed by atoms with Crippen molar-refractivity contribution in [2.75, 3.05) is 0 Å². The van der Waals surface area contributed by atoms with Crippen LogP contribution in [-0.4, -0.2) is 49.0 Å². The molecule has 0 radical (unpaired) electrons. The Bertz CT molecular complexity index is 604. The van der Waals surface area contributed by atoms with Gasteiger partial charge in [0.15, 0.2) is 0 Å². The van der Waals surface area contributed by atoms with Crippen molar-refractivity contribution in [3.8, 4) is 0 Å². The van der Waals surface area contributed by atoms with Crippen LogP contribution in [0.4, 0.5) is 0 Å². The molecule has 33 heavy (non-hydrogen) atoms.